The van der Waals surface area contributed by atoms with Crippen LogP contribution >= 0.6 is 0 Å². The summed E-state index contributed by atoms with van der Waals surface area (Å²) >= 11 is 0. The molecule has 0 aliphatic heterocycles. The third kappa shape index (κ3) is 2.99. The van der Waals surface area contributed by atoms with E-state index in [1.165, 1.54) is 29.1 Å². The fraction of sp³-hybridized carbons (Fsp3) is 0.400. The van der Waals surface area contributed by atoms with Gasteiger partial charge in [-0.3, -0.25) is 4.79 Å². The summed E-state index contributed by atoms with van der Waals surface area (Å²) in [6.45, 7) is -0.380. The Morgan fingerprint density at radius 1 is 1.27 bits per heavy atom. The third-order valence-corrected chi connectivity index (χ3v) is 3.80. The normalized spacial score (nSPS) is 15.2. The van der Waals surface area contributed by atoms with E-state index in [4.69, 9.17) is 0 Å². The summed E-state index contributed by atoms with van der Waals surface area (Å²) in [5.41, 5.74) is 0.842. The number of nitrogens with zero attached hydrogens (tertiary/aromatic N) is 3. The van der Waals surface area contributed by atoms with E-state index in [0.717, 1.165) is 25.7 Å². The van der Waals surface area contributed by atoms with Crippen molar-refractivity contribution in [2.24, 2.45) is 0 Å². The second-order valence-electron chi connectivity index (χ2n) is 5.37. The lowest BCUT2D eigenvalue weighted by Gasteiger charge is -2.10. The van der Waals surface area contributed by atoms with Crippen LogP contribution in [0.2, 0.25) is 0 Å². The van der Waals surface area contributed by atoms with Crippen LogP contribution in [0, 0.1) is 5.82 Å². The molecular weight excluding hydrogens is 287 g/mol. The van der Waals surface area contributed by atoms with Gasteiger partial charge in [0.1, 0.15) is 11.5 Å². The van der Waals surface area contributed by atoms with Crippen molar-refractivity contribution in [2.75, 3.05) is 0 Å². The molecule has 0 saturated heterocycles. The smallest absolute Gasteiger partial charge is 0.274 e. The highest BCUT2D eigenvalue weighted by Gasteiger charge is 2.23. The highest BCUT2D eigenvalue weighted by Crippen LogP contribution is 2.18. The van der Waals surface area contributed by atoms with Gasteiger partial charge in [-0.15, -0.1) is 10.2 Å². The lowest BCUT2D eigenvalue weighted by Crippen LogP contribution is -2.33. The molecule has 1 aromatic carbocycles. The number of rotatable bonds is 4. The van der Waals surface area contributed by atoms with Crippen LogP contribution in [0.15, 0.2) is 24.3 Å². The van der Waals surface area contributed by atoms with Crippen molar-refractivity contribution in [1.29, 1.82) is 0 Å². The number of aliphatic hydroxyl groups is 1. The molecular formula is C15H17FN4O2. The van der Waals surface area contributed by atoms with E-state index in [1.54, 1.807) is 0 Å². The Kier molecular flexibility index (Phi) is 4.15. The third-order valence-electron chi connectivity index (χ3n) is 3.80. The second-order valence-corrected chi connectivity index (χ2v) is 5.37. The molecule has 0 atom stereocenters. The number of amides is 1. The number of carbonyl (C=O) groups is 1. The van der Waals surface area contributed by atoms with Crippen molar-refractivity contribution in [2.45, 2.75) is 38.3 Å². The van der Waals surface area contributed by atoms with Crippen LogP contribution in [0.5, 0.6) is 0 Å². The maximum atomic E-state index is 13.0. The van der Waals surface area contributed by atoms with Crippen molar-refractivity contribution in [3.8, 4) is 5.69 Å². The second kappa shape index (κ2) is 6.23. The zero-order valence-electron chi connectivity index (χ0n) is 12.0. The van der Waals surface area contributed by atoms with Gasteiger partial charge in [-0.1, -0.05) is 12.8 Å². The van der Waals surface area contributed by atoms with Crippen molar-refractivity contribution in [3.63, 3.8) is 0 Å². The van der Waals surface area contributed by atoms with Crippen LogP contribution in [0.25, 0.3) is 5.69 Å². The monoisotopic (exact) mass is 304 g/mol. The Labute approximate surface area is 127 Å². The molecule has 2 aromatic rings. The number of aliphatic hydroxyl groups excluding tert-OH is 1. The van der Waals surface area contributed by atoms with Gasteiger partial charge in [-0.05, 0) is 37.1 Å². The first-order valence-electron chi connectivity index (χ1n) is 7.31. The van der Waals surface area contributed by atoms with Crippen LogP contribution in [-0.2, 0) is 6.61 Å². The van der Waals surface area contributed by atoms with Gasteiger partial charge in [0.25, 0.3) is 5.91 Å². The zero-order valence-corrected chi connectivity index (χ0v) is 12.0. The van der Waals surface area contributed by atoms with Crippen LogP contribution in [0.3, 0.4) is 0 Å². The topological polar surface area (TPSA) is 80.0 Å². The fourth-order valence-electron chi connectivity index (χ4n) is 2.63. The molecule has 6 nitrogen and oxygen atoms in total. The van der Waals surface area contributed by atoms with Crippen molar-refractivity contribution in [3.05, 3.63) is 41.5 Å². The molecule has 116 valence electrons. The predicted molar refractivity (Wildman–Crippen MR) is 77.0 cm³/mol. The van der Waals surface area contributed by atoms with Gasteiger partial charge in [0, 0.05) is 6.04 Å². The summed E-state index contributed by atoms with van der Waals surface area (Å²) in [4.78, 5) is 13.5. The molecule has 1 aromatic heterocycles. The molecule has 1 saturated carbocycles. The summed E-state index contributed by atoms with van der Waals surface area (Å²) in [6.07, 6.45) is 4.15. The minimum Gasteiger partial charge on any atom is -0.390 e. The quantitative estimate of drug-likeness (QED) is 0.898. The Bertz CT molecular complexity index is 663. The minimum atomic E-state index is -0.380. The van der Waals surface area contributed by atoms with E-state index < -0.39 is 0 Å². The Balaban J connectivity index is 1.84. The molecule has 0 radical (unpaired) electrons. The van der Waals surface area contributed by atoms with Crippen molar-refractivity contribution in [1.82, 2.24) is 20.3 Å². The fourth-order valence-corrected chi connectivity index (χ4v) is 2.63. The van der Waals surface area contributed by atoms with Gasteiger partial charge >= 0.3 is 0 Å². The molecule has 22 heavy (non-hydrogen) atoms. The van der Waals surface area contributed by atoms with E-state index >= 15 is 0 Å². The summed E-state index contributed by atoms with van der Waals surface area (Å²) in [7, 11) is 0. The predicted octanol–water partition coefficient (Wildman–Crippen LogP) is 1.57. The number of hydrogen-bond donors (Lipinski definition) is 2. The number of aromatic nitrogens is 3. The number of benzene rings is 1. The van der Waals surface area contributed by atoms with Crippen LogP contribution in [0.4, 0.5) is 4.39 Å². The number of halogens is 1. The zero-order chi connectivity index (χ0) is 15.5. The Morgan fingerprint density at radius 2 is 1.95 bits per heavy atom. The van der Waals surface area contributed by atoms with Gasteiger partial charge in [-0.2, -0.15) is 4.80 Å². The molecule has 0 bridgehead atoms. The number of hydrogen-bond acceptors (Lipinski definition) is 4. The molecule has 1 amide bonds. The van der Waals surface area contributed by atoms with Crippen molar-refractivity contribution >= 4 is 5.91 Å². The molecule has 7 heteroatoms. The first-order chi connectivity index (χ1) is 10.7. The van der Waals surface area contributed by atoms with E-state index in [1.807, 2.05) is 0 Å². The molecule has 0 unspecified atom stereocenters. The van der Waals surface area contributed by atoms with Crippen LogP contribution in [0.1, 0.15) is 41.9 Å². The summed E-state index contributed by atoms with van der Waals surface area (Å²) in [5.74, 6) is -0.693. The van der Waals surface area contributed by atoms with Crippen LogP contribution < -0.4 is 5.32 Å². The molecule has 1 aliphatic rings. The average Bonchev–Trinajstić information content (AvgIpc) is 3.17. The van der Waals surface area contributed by atoms with E-state index in [0.29, 0.717) is 5.69 Å². The van der Waals surface area contributed by atoms with Gasteiger partial charge in [0.15, 0.2) is 5.69 Å². The highest BCUT2D eigenvalue weighted by atomic mass is 19.1. The Morgan fingerprint density at radius 3 is 2.59 bits per heavy atom. The number of carbonyl (C=O) groups excluding carboxylic acids is 1. The lowest BCUT2D eigenvalue weighted by atomic mass is 10.2. The molecule has 1 fully saturated rings. The van der Waals surface area contributed by atoms with Gasteiger partial charge < -0.3 is 10.4 Å². The maximum Gasteiger partial charge on any atom is 0.274 e. The van der Waals surface area contributed by atoms with E-state index in [9.17, 15) is 14.3 Å². The Hall–Kier alpha value is -2.28. The standard InChI is InChI=1S/C15H17FN4O2/c16-10-5-7-12(8-6-10)20-18-13(9-21)14(19-20)15(22)17-11-3-1-2-4-11/h5-8,11,21H,1-4,9H2,(H,17,22). The average molecular weight is 304 g/mol. The van der Waals surface area contributed by atoms with Crippen molar-refractivity contribution < 1.29 is 14.3 Å². The van der Waals surface area contributed by atoms with Gasteiger partial charge in [-0.25, -0.2) is 4.39 Å². The van der Waals surface area contributed by atoms with Gasteiger partial charge in [0.05, 0.1) is 12.3 Å². The maximum absolute atomic E-state index is 13.0. The first kappa shape index (κ1) is 14.6. The van der Waals surface area contributed by atoms with Crippen LogP contribution in [-0.4, -0.2) is 32.0 Å². The highest BCUT2D eigenvalue weighted by molar-refractivity contribution is 5.93. The minimum absolute atomic E-state index is 0.110. The summed E-state index contributed by atoms with van der Waals surface area (Å²) < 4.78 is 13.0. The number of nitrogens with one attached hydrogen (secondary N) is 1. The molecule has 1 heterocycles. The first-order valence-corrected chi connectivity index (χ1v) is 7.31. The molecule has 2 N–H and O–H groups in total. The molecule has 0 spiro atoms. The van der Waals surface area contributed by atoms with Gasteiger partial charge in [0.2, 0.25) is 0 Å². The summed E-state index contributed by atoms with van der Waals surface area (Å²) in [5, 5.41) is 20.5. The summed E-state index contributed by atoms with van der Waals surface area (Å²) in [6, 6.07) is 5.75. The SMILES string of the molecule is O=C(NC1CCCC1)c1nn(-c2ccc(F)cc2)nc1CO. The molecule has 1 aliphatic carbocycles. The lowest BCUT2D eigenvalue weighted by molar-refractivity contribution is 0.0929. The van der Waals surface area contributed by atoms with E-state index in [-0.39, 0.29) is 35.8 Å². The molecule has 3 rings (SSSR count). The van der Waals surface area contributed by atoms with E-state index in [2.05, 4.69) is 15.5 Å². The largest absolute Gasteiger partial charge is 0.390 e.